The van der Waals surface area contributed by atoms with E-state index in [2.05, 4.69) is 30.9 Å². The van der Waals surface area contributed by atoms with E-state index in [9.17, 15) is 4.79 Å². The van der Waals surface area contributed by atoms with E-state index in [1.54, 1.807) is 24.5 Å². The van der Waals surface area contributed by atoms with Crippen LogP contribution in [0.25, 0.3) is 11.3 Å². The second-order valence-electron chi connectivity index (χ2n) is 3.26. The average molecular weight is 313 g/mol. The largest absolute Gasteiger partial charge is 0.303 e. The molecule has 0 N–H and O–H groups in total. The first-order valence-corrected chi connectivity index (χ1v) is 5.95. The summed E-state index contributed by atoms with van der Waals surface area (Å²) in [7, 11) is 0. The number of aromatic nitrogens is 3. The highest BCUT2D eigenvalue weighted by Crippen LogP contribution is 2.22. The summed E-state index contributed by atoms with van der Waals surface area (Å²) in [6.07, 6.45) is 4.29. The van der Waals surface area contributed by atoms with Gasteiger partial charge in [-0.2, -0.15) is 0 Å². The first kappa shape index (κ1) is 12.1. The molecule has 17 heavy (non-hydrogen) atoms. The number of carbonyl (C=O) groups excluding carboxylic acids is 1. The van der Waals surface area contributed by atoms with Crippen molar-refractivity contribution in [3.05, 3.63) is 40.0 Å². The molecule has 6 heteroatoms. The molecule has 0 saturated carbocycles. The molecule has 0 saturated heterocycles. The molecule has 0 atom stereocenters. The first-order chi connectivity index (χ1) is 8.20. The average Bonchev–Trinajstić information content (AvgIpc) is 2.32. The fourth-order valence-electron chi connectivity index (χ4n) is 1.36. The van der Waals surface area contributed by atoms with Crippen LogP contribution in [0.5, 0.6) is 0 Å². The molecule has 0 unspecified atom stereocenters. The summed E-state index contributed by atoms with van der Waals surface area (Å²) in [5, 5.41) is 0.342. The third kappa shape index (κ3) is 2.87. The molecule has 0 aliphatic heterocycles. The van der Waals surface area contributed by atoms with E-state index in [-0.39, 0.29) is 6.42 Å². The molecule has 0 radical (unpaired) electrons. The van der Waals surface area contributed by atoms with E-state index in [1.807, 2.05) is 0 Å². The summed E-state index contributed by atoms with van der Waals surface area (Å²) < 4.78 is 0.502. The van der Waals surface area contributed by atoms with E-state index < -0.39 is 0 Å². The zero-order chi connectivity index (χ0) is 12.3. The van der Waals surface area contributed by atoms with Crippen LogP contribution in [-0.4, -0.2) is 21.2 Å². The Balaban J connectivity index is 2.46. The maximum absolute atomic E-state index is 10.5. The molecule has 2 aromatic heterocycles. The van der Waals surface area contributed by atoms with Crippen LogP contribution in [0.2, 0.25) is 5.15 Å². The van der Waals surface area contributed by atoms with Crippen molar-refractivity contribution in [1.82, 2.24) is 15.0 Å². The van der Waals surface area contributed by atoms with Gasteiger partial charge in [0, 0.05) is 24.4 Å². The van der Waals surface area contributed by atoms with Crippen LogP contribution >= 0.6 is 27.5 Å². The number of nitrogens with zero attached hydrogens (tertiary/aromatic N) is 3. The van der Waals surface area contributed by atoms with E-state index in [4.69, 9.17) is 11.6 Å². The molecule has 2 heterocycles. The van der Waals surface area contributed by atoms with Crippen molar-refractivity contribution in [1.29, 1.82) is 0 Å². The van der Waals surface area contributed by atoms with Gasteiger partial charge < -0.3 is 4.79 Å². The predicted molar refractivity (Wildman–Crippen MR) is 67.7 cm³/mol. The van der Waals surface area contributed by atoms with E-state index in [1.165, 1.54) is 0 Å². The highest BCUT2D eigenvalue weighted by atomic mass is 79.9. The van der Waals surface area contributed by atoms with Gasteiger partial charge in [0.1, 0.15) is 11.4 Å². The molecule has 0 amide bonds. The van der Waals surface area contributed by atoms with Crippen LogP contribution in [0.15, 0.2) is 29.3 Å². The van der Waals surface area contributed by atoms with Crippen LogP contribution in [0.3, 0.4) is 0 Å². The standard InChI is InChI=1S/C11H7BrClN3O/c12-11-14-3-1-9(16-11)8-5-7(2-4-17)10(13)15-6-8/h1,3-6H,2H2. The van der Waals surface area contributed by atoms with Crippen LogP contribution in [0.4, 0.5) is 0 Å². The lowest BCUT2D eigenvalue weighted by molar-refractivity contribution is -0.107. The number of halogens is 2. The van der Waals surface area contributed by atoms with Crippen molar-refractivity contribution in [2.45, 2.75) is 6.42 Å². The van der Waals surface area contributed by atoms with Gasteiger partial charge in [0.2, 0.25) is 0 Å². The van der Waals surface area contributed by atoms with Gasteiger partial charge in [-0.15, -0.1) is 0 Å². The SMILES string of the molecule is O=CCc1cc(-c2ccnc(Br)n2)cnc1Cl. The molecule has 4 nitrogen and oxygen atoms in total. The topological polar surface area (TPSA) is 55.7 Å². The second kappa shape index (κ2) is 5.33. The number of aldehydes is 1. The number of carbonyl (C=O) groups is 1. The van der Waals surface area contributed by atoms with Gasteiger partial charge in [0.25, 0.3) is 0 Å². The van der Waals surface area contributed by atoms with Gasteiger partial charge in [-0.3, -0.25) is 0 Å². The molecule has 0 aliphatic rings. The highest BCUT2D eigenvalue weighted by molar-refractivity contribution is 9.10. The Labute approximate surface area is 111 Å². The molecular weight excluding hydrogens is 305 g/mol. The van der Waals surface area contributed by atoms with Crippen molar-refractivity contribution in [3.8, 4) is 11.3 Å². The van der Waals surface area contributed by atoms with Crippen LogP contribution in [-0.2, 0) is 11.2 Å². The van der Waals surface area contributed by atoms with Gasteiger partial charge >= 0.3 is 0 Å². The van der Waals surface area contributed by atoms with E-state index in [0.29, 0.717) is 15.5 Å². The Kier molecular flexibility index (Phi) is 3.81. The summed E-state index contributed by atoms with van der Waals surface area (Å²) in [4.78, 5) is 22.7. The van der Waals surface area contributed by atoms with Gasteiger partial charge in [-0.05, 0) is 33.6 Å². The van der Waals surface area contributed by atoms with Crippen molar-refractivity contribution >= 4 is 33.8 Å². The van der Waals surface area contributed by atoms with Crippen LogP contribution in [0, 0.1) is 0 Å². The predicted octanol–water partition coefficient (Wildman–Crippen LogP) is 2.70. The lowest BCUT2D eigenvalue weighted by Crippen LogP contribution is -1.93. The molecule has 0 fully saturated rings. The summed E-state index contributed by atoms with van der Waals surface area (Å²) in [6, 6.07) is 3.57. The van der Waals surface area contributed by atoms with Crippen LogP contribution in [0.1, 0.15) is 5.56 Å². The second-order valence-corrected chi connectivity index (χ2v) is 4.32. The summed E-state index contributed by atoms with van der Waals surface area (Å²) in [5.41, 5.74) is 2.21. The van der Waals surface area contributed by atoms with Crippen molar-refractivity contribution in [3.63, 3.8) is 0 Å². The lowest BCUT2D eigenvalue weighted by atomic mass is 10.1. The minimum atomic E-state index is 0.242. The molecular formula is C11H7BrClN3O. The minimum absolute atomic E-state index is 0.242. The maximum Gasteiger partial charge on any atom is 0.197 e. The molecule has 0 bridgehead atoms. The van der Waals surface area contributed by atoms with E-state index in [0.717, 1.165) is 17.5 Å². The first-order valence-electron chi connectivity index (χ1n) is 4.77. The van der Waals surface area contributed by atoms with Gasteiger partial charge in [-0.25, -0.2) is 15.0 Å². The lowest BCUT2D eigenvalue weighted by Gasteiger charge is -2.04. The third-order valence-electron chi connectivity index (χ3n) is 2.14. The zero-order valence-corrected chi connectivity index (χ0v) is 10.9. The van der Waals surface area contributed by atoms with Crippen molar-refractivity contribution in [2.75, 3.05) is 0 Å². The summed E-state index contributed by atoms with van der Waals surface area (Å²) in [6.45, 7) is 0. The maximum atomic E-state index is 10.5. The van der Waals surface area contributed by atoms with Gasteiger partial charge in [0.15, 0.2) is 4.73 Å². The fraction of sp³-hybridized carbons (Fsp3) is 0.0909. The Bertz CT molecular complexity index is 562. The normalized spacial score (nSPS) is 10.2. The molecule has 0 aliphatic carbocycles. The Morgan fingerprint density at radius 1 is 1.41 bits per heavy atom. The van der Waals surface area contributed by atoms with Gasteiger partial charge in [0.05, 0.1) is 5.69 Å². The molecule has 0 aromatic carbocycles. The molecule has 2 rings (SSSR count). The highest BCUT2D eigenvalue weighted by Gasteiger charge is 2.06. The zero-order valence-electron chi connectivity index (χ0n) is 8.60. The molecule has 0 spiro atoms. The Morgan fingerprint density at radius 2 is 2.24 bits per heavy atom. The van der Waals surface area contributed by atoms with Gasteiger partial charge in [-0.1, -0.05) is 11.6 Å². The third-order valence-corrected chi connectivity index (χ3v) is 2.86. The number of rotatable bonds is 3. The summed E-state index contributed by atoms with van der Waals surface area (Å²) >= 11 is 9.08. The number of hydrogen-bond acceptors (Lipinski definition) is 4. The number of pyridine rings is 1. The quantitative estimate of drug-likeness (QED) is 0.497. The molecule has 2 aromatic rings. The molecule has 86 valence electrons. The number of hydrogen-bond donors (Lipinski definition) is 0. The summed E-state index contributed by atoms with van der Waals surface area (Å²) in [5.74, 6) is 0. The van der Waals surface area contributed by atoms with E-state index >= 15 is 0 Å². The monoisotopic (exact) mass is 311 g/mol. The smallest absolute Gasteiger partial charge is 0.197 e. The Morgan fingerprint density at radius 3 is 2.94 bits per heavy atom. The van der Waals surface area contributed by atoms with Crippen LogP contribution < -0.4 is 0 Å². The fourth-order valence-corrected chi connectivity index (χ4v) is 1.85. The minimum Gasteiger partial charge on any atom is -0.303 e. The Hall–Kier alpha value is -1.33. The van der Waals surface area contributed by atoms with Crippen molar-refractivity contribution < 1.29 is 4.79 Å². The van der Waals surface area contributed by atoms with Crippen molar-refractivity contribution in [2.24, 2.45) is 0 Å².